The van der Waals surface area contributed by atoms with Crippen LogP contribution in [0.2, 0.25) is 0 Å². The lowest BCUT2D eigenvalue weighted by atomic mass is 10.2. The van der Waals surface area contributed by atoms with Crippen LogP contribution in [0.4, 0.5) is 0 Å². The largest absolute Gasteiger partial charge is 0.480 e. The molecule has 2 aromatic heterocycles. The van der Waals surface area contributed by atoms with Crippen molar-refractivity contribution in [3.05, 3.63) is 23.4 Å². The van der Waals surface area contributed by atoms with Crippen LogP contribution in [-0.4, -0.2) is 44.1 Å². The molecular formula is C16H19N3O4S. The minimum atomic E-state index is -0.965. The standard InChI is InChI=1S/C16H19N3O4S/c1-10(16(21)22)19(11-7-8-11)14(20)6-2-5-13-17-15(18-23-13)12-4-3-9-24-12/h3-4,9-11H,2,5-8H2,1H3,(H,21,22). The molecule has 1 aliphatic rings. The van der Waals surface area contributed by atoms with Gasteiger partial charge in [0.2, 0.25) is 17.6 Å². The minimum absolute atomic E-state index is 0.0810. The number of nitrogens with zero attached hydrogens (tertiary/aromatic N) is 3. The molecule has 1 aliphatic carbocycles. The lowest BCUT2D eigenvalue weighted by molar-refractivity contribution is -0.150. The maximum absolute atomic E-state index is 12.4. The van der Waals surface area contributed by atoms with Gasteiger partial charge in [-0.15, -0.1) is 11.3 Å². The third kappa shape index (κ3) is 3.81. The molecule has 1 amide bonds. The second-order valence-corrected chi connectivity index (χ2v) is 6.84. The highest BCUT2D eigenvalue weighted by molar-refractivity contribution is 7.13. The highest BCUT2D eigenvalue weighted by Gasteiger charge is 2.37. The van der Waals surface area contributed by atoms with Crippen LogP contribution >= 0.6 is 11.3 Å². The second-order valence-electron chi connectivity index (χ2n) is 5.89. The number of carboxylic acid groups (broad SMARTS) is 1. The molecule has 3 rings (SSSR count). The van der Waals surface area contributed by atoms with Crippen molar-refractivity contribution in [1.82, 2.24) is 15.0 Å². The number of carboxylic acids is 1. The molecule has 2 aromatic rings. The summed E-state index contributed by atoms with van der Waals surface area (Å²) in [7, 11) is 0. The minimum Gasteiger partial charge on any atom is -0.480 e. The first-order valence-corrected chi connectivity index (χ1v) is 8.84. The van der Waals surface area contributed by atoms with Crippen molar-refractivity contribution in [2.45, 2.75) is 51.1 Å². The van der Waals surface area contributed by atoms with Gasteiger partial charge in [-0.1, -0.05) is 11.2 Å². The van der Waals surface area contributed by atoms with Gasteiger partial charge in [0.15, 0.2) is 0 Å². The number of carbonyl (C=O) groups excluding carboxylic acids is 1. The predicted octanol–water partition coefficient (Wildman–Crippen LogP) is 2.58. The highest BCUT2D eigenvalue weighted by atomic mass is 32.1. The van der Waals surface area contributed by atoms with Gasteiger partial charge in [-0.3, -0.25) is 4.79 Å². The van der Waals surface area contributed by atoms with E-state index in [1.807, 2.05) is 17.5 Å². The third-order valence-electron chi connectivity index (χ3n) is 3.99. The molecule has 1 saturated carbocycles. The summed E-state index contributed by atoms with van der Waals surface area (Å²) in [5, 5.41) is 15.0. The van der Waals surface area contributed by atoms with E-state index in [4.69, 9.17) is 9.63 Å². The molecule has 1 atom stereocenters. The van der Waals surface area contributed by atoms with Crippen LogP contribution in [0.1, 0.15) is 38.5 Å². The number of amides is 1. The molecule has 0 bridgehead atoms. The van der Waals surface area contributed by atoms with Crippen LogP contribution in [0.5, 0.6) is 0 Å². The van der Waals surface area contributed by atoms with Gasteiger partial charge in [0.1, 0.15) is 6.04 Å². The molecular weight excluding hydrogens is 330 g/mol. The average Bonchev–Trinajstić information content (AvgIpc) is 3.03. The predicted molar refractivity (Wildman–Crippen MR) is 87.5 cm³/mol. The van der Waals surface area contributed by atoms with Crippen LogP contribution in [-0.2, 0) is 16.0 Å². The van der Waals surface area contributed by atoms with Gasteiger partial charge < -0.3 is 14.5 Å². The summed E-state index contributed by atoms with van der Waals surface area (Å²) in [6.07, 6.45) is 3.11. The van der Waals surface area contributed by atoms with Crippen molar-refractivity contribution in [3.63, 3.8) is 0 Å². The Kier molecular flexibility index (Phi) is 4.94. The molecule has 0 saturated heterocycles. The summed E-state index contributed by atoms with van der Waals surface area (Å²) in [4.78, 5) is 30.3. The first-order valence-electron chi connectivity index (χ1n) is 7.96. The van der Waals surface area contributed by atoms with Crippen LogP contribution in [0.15, 0.2) is 22.0 Å². The fourth-order valence-electron chi connectivity index (χ4n) is 2.59. The van der Waals surface area contributed by atoms with Crippen LogP contribution < -0.4 is 0 Å². The molecule has 1 unspecified atom stereocenters. The molecule has 0 spiro atoms. The van der Waals surface area contributed by atoms with E-state index in [1.54, 1.807) is 6.92 Å². The number of hydrogen-bond acceptors (Lipinski definition) is 6. The SMILES string of the molecule is CC(C(=O)O)N(C(=O)CCCc1nc(-c2cccs2)no1)C1CC1. The molecule has 1 N–H and O–H groups in total. The van der Waals surface area contributed by atoms with E-state index in [0.717, 1.165) is 17.7 Å². The van der Waals surface area contributed by atoms with Gasteiger partial charge in [-0.2, -0.15) is 4.98 Å². The quantitative estimate of drug-likeness (QED) is 0.787. The van der Waals surface area contributed by atoms with E-state index in [1.165, 1.54) is 16.2 Å². The Morgan fingerprint density at radius 3 is 2.92 bits per heavy atom. The zero-order valence-corrected chi connectivity index (χ0v) is 14.2. The van der Waals surface area contributed by atoms with E-state index in [2.05, 4.69) is 10.1 Å². The summed E-state index contributed by atoms with van der Waals surface area (Å²) >= 11 is 1.54. The number of aromatic nitrogens is 2. The highest BCUT2D eigenvalue weighted by Crippen LogP contribution is 2.29. The van der Waals surface area contributed by atoms with Gasteiger partial charge in [0.05, 0.1) is 4.88 Å². The fourth-order valence-corrected chi connectivity index (χ4v) is 3.24. The molecule has 7 nitrogen and oxygen atoms in total. The second kappa shape index (κ2) is 7.12. The number of hydrogen-bond donors (Lipinski definition) is 1. The van der Waals surface area contributed by atoms with Crippen molar-refractivity contribution in [2.75, 3.05) is 0 Å². The number of aryl methyl sites for hydroxylation is 1. The number of carbonyl (C=O) groups is 2. The maximum Gasteiger partial charge on any atom is 0.326 e. The number of aliphatic carboxylic acids is 1. The molecule has 8 heteroatoms. The molecule has 0 aromatic carbocycles. The fraction of sp³-hybridized carbons (Fsp3) is 0.500. The lowest BCUT2D eigenvalue weighted by Gasteiger charge is -2.26. The first-order chi connectivity index (χ1) is 11.6. The topological polar surface area (TPSA) is 96.5 Å². The zero-order valence-electron chi connectivity index (χ0n) is 13.3. The Hall–Kier alpha value is -2.22. The first kappa shape index (κ1) is 16.6. The molecule has 0 aliphatic heterocycles. The van der Waals surface area contributed by atoms with E-state index in [9.17, 15) is 9.59 Å². The third-order valence-corrected chi connectivity index (χ3v) is 4.86. The smallest absolute Gasteiger partial charge is 0.326 e. The van der Waals surface area contributed by atoms with Crippen molar-refractivity contribution in [2.24, 2.45) is 0 Å². The number of thiophene rings is 1. The number of rotatable bonds is 8. The van der Waals surface area contributed by atoms with Gasteiger partial charge in [-0.25, -0.2) is 4.79 Å². The van der Waals surface area contributed by atoms with Gasteiger partial charge >= 0.3 is 5.97 Å². The van der Waals surface area contributed by atoms with Crippen molar-refractivity contribution < 1.29 is 19.2 Å². The Morgan fingerprint density at radius 1 is 1.50 bits per heavy atom. The lowest BCUT2D eigenvalue weighted by Crippen LogP contribution is -2.44. The monoisotopic (exact) mass is 349 g/mol. The molecule has 24 heavy (non-hydrogen) atoms. The van der Waals surface area contributed by atoms with Crippen LogP contribution in [0, 0.1) is 0 Å². The molecule has 128 valence electrons. The van der Waals surface area contributed by atoms with Gasteiger partial charge in [-0.05, 0) is 37.6 Å². The van der Waals surface area contributed by atoms with E-state index < -0.39 is 12.0 Å². The van der Waals surface area contributed by atoms with E-state index in [-0.39, 0.29) is 18.4 Å². The van der Waals surface area contributed by atoms with Crippen molar-refractivity contribution in [1.29, 1.82) is 0 Å². The van der Waals surface area contributed by atoms with Gasteiger partial charge in [0.25, 0.3) is 0 Å². The van der Waals surface area contributed by atoms with Crippen molar-refractivity contribution in [3.8, 4) is 10.7 Å². The van der Waals surface area contributed by atoms with E-state index >= 15 is 0 Å². The average molecular weight is 349 g/mol. The van der Waals surface area contributed by atoms with Crippen molar-refractivity contribution >= 4 is 23.2 Å². The summed E-state index contributed by atoms with van der Waals surface area (Å²) in [6.45, 7) is 1.56. The Labute approximate surface area is 143 Å². The summed E-state index contributed by atoms with van der Waals surface area (Å²) < 4.78 is 5.20. The Balaban J connectivity index is 1.52. The molecule has 0 radical (unpaired) electrons. The van der Waals surface area contributed by atoms with Crippen LogP contribution in [0.25, 0.3) is 10.7 Å². The van der Waals surface area contributed by atoms with E-state index in [0.29, 0.717) is 24.6 Å². The normalized spacial score (nSPS) is 15.2. The summed E-state index contributed by atoms with van der Waals surface area (Å²) in [6, 6.07) is 3.14. The summed E-state index contributed by atoms with van der Waals surface area (Å²) in [5.41, 5.74) is 0. The molecule has 1 fully saturated rings. The van der Waals surface area contributed by atoms with Gasteiger partial charge in [0, 0.05) is 18.9 Å². The maximum atomic E-state index is 12.4. The zero-order chi connectivity index (χ0) is 17.1. The molecule has 2 heterocycles. The Morgan fingerprint density at radius 2 is 2.29 bits per heavy atom. The Bertz CT molecular complexity index is 709. The summed E-state index contributed by atoms with van der Waals surface area (Å²) in [5.74, 6) is -0.0287. The van der Waals surface area contributed by atoms with Crippen LogP contribution in [0.3, 0.4) is 0 Å².